The molecule has 2 nitrogen and oxygen atoms in total. The fourth-order valence-corrected chi connectivity index (χ4v) is 3.47. The summed E-state index contributed by atoms with van der Waals surface area (Å²) in [5, 5.41) is 0.757. The average molecular weight is 375 g/mol. The van der Waals surface area contributed by atoms with E-state index in [9.17, 15) is 0 Å². The number of hydrogen-bond donors (Lipinski definition) is 0. The van der Waals surface area contributed by atoms with Gasteiger partial charge in [0.25, 0.3) is 0 Å². The van der Waals surface area contributed by atoms with E-state index in [1.165, 1.54) is 11.1 Å². The fraction of sp³-hybridized carbons (Fsp3) is 0.208. The molecule has 0 atom stereocenters. The molecule has 0 radical (unpaired) electrons. The SMILES string of the molecule is CC(C)(C)c1ccc(-c2nc3ccccc3n2Cc2ccc(Cl)cc2)cc1. The number of nitrogens with zero attached hydrogens (tertiary/aromatic N) is 2. The van der Waals surface area contributed by atoms with Gasteiger partial charge in [0.2, 0.25) is 0 Å². The minimum absolute atomic E-state index is 0.141. The number of fused-ring (bicyclic) bond motifs is 1. The van der Waals surface area contributed by atoms with Gasteiger partial charge in [0.1, 0.15) is 5.82 Å². The molecule has 4 aromatic rings. The third-order valence-electron chi connectivity index (χ3n) is 4.92. The molecule has 136 valence electrons. The van der Waals surface area contributed by atoms with Crippen molar-refractivity contribution in [2.45, 2.75) is 32.7 Å². The molecule has 0 aliphatic rings. The molecular formula is C24H23ClN2. The van der Waals surface area contributed by atoms with Crippen molar-refractivity contribution in [2.75, 3.05) is 0 Å². The van der Waals surface area contributed by atoms with Crippen LogP contribution in [0.3, 0.4) is 0 Å². The zero-order chi connectivity index (χ0) is 19.0. The molecule has 3 aromatic carbocycles. The largest absolute Gasteiger partial charge is 0.319 e. The molecular weight excluding hydrogens is 352 g/mol. The predicted octanol–water partition coefficient (Wildman–Crippen LogP) is 6.70. The molecule has 27 heavy (non-hydrogen) atoms. The molecule has 0 aliphatic heterocycles. The van der Waals surface area contributed by atoms with E-state index in [1.54, 1.807) is 0 Å². The number of halogens is 1. The van der Waals surface area contributed by atoms with Crippen molar-refractivity contribution in [2.24, 2.45) is 0 Å². The van der Waals surface area contributed by atoms with Gasteiger partial charge in [0, 0.05) is 17.1 Å². The normalized spacial score (nSPS) is 11.9. The lowest BCUT2D eigenvalue weighted by Gasteiger charge is -2.19. The Hall–Kier alpha value is -2.58. The highest BCUT2D eigenvalue weighted by Crippen LogP contribution is 2.29. The quantitative estimate of drug-likeness (QED) is 0.390. The highest BCUT2D eigenvalue weighted by atomic mass is 35.5. The Morgan fingerprint density at radius 3 is 2.19 bits per heavy atom. The maximum absolute atomic E-state index is 6.05. The van der Waals surface area contributed by atoms with Gasteiger partial charge in [0.05, 0.1) is 11.0 Å². The summed E-state index contributed by atoms with van der Waals surface area (Å²) in [5.41, 5.74) is 5.96. The first-order chi connectivity index (χ1) is 12.9. The predicted molar refractivity (Wildman–Crippen MR) is 114 cm³/mol. The summed E-state index contributed by atoms with van der Waals surface area (Å²) in [4.78, 5) is 4.93. The van der Waals surface area contributed by atoms with E-state index in [0.717, 1.165) is 34.0 Å². The first kappa shape index (κ1) is 17.8. The molecule has 1 heterocycles. The maximum Gasteiger partial charge on any atom is 0.141 e. The van der Waals surface area contributed by atoms with Crippen molar-refractivity contribution in [3.63, 3.8) is 0 Å². The van der Waals surface area contributed by atoms with Crippen LogP contribution in [0.5, 0.6) is 0 Å². The molecule has 0 amide bonds. The molecule has 0 bridgehead atoms. The first-order valence-corrected chi connectivity index (χ1v) is 9.60. The summed E-state index contributed by atoms with van der Waals surface area (Å²) in [5.74, 6) is 0.992. The Bertz CT molecular complexity index is 1070. The van der Waals surface area contributed by atoms with Crippen LogP contribution >= 0.6 is 11.6 Å². The van der Waals surface area contributed by atoms with Gasteiger partial charge < -0.3 is 4.57 Å². The lowest BCUT2D eigenvalue weighted by molar-refractivity contribution is 0.590. The Balaban J connectivity index is 1.81. The van der Waals surface area contributed by atoms with Gasteiger partial charge >= 0.3 is 0 Å². The van der Waals surface area contributed by atoms with Crippen LogP contribution in [-0.2, 0) is 12.0 Å². The Morgan fingerprint density at radius 1 is 0.852 bits per heavy atom. The van der Waals surface area contributed by atoms with Crippen molar-refractivity contribution in [3.8, 4) is 11.4 Å². The van der Waals surface area contributed by atoms with E-state index in [0.29, 0.717) is 0 Å². The van der Waals surface area contributed by atoms with E-state index >= 15 is 0 Å². The molecule has 0 fully saturated rings. The summed E-state index contributed by atoms with van der Waals surface area (Å²) in [7, 11) is 0. The van der Waals surface area contributed by atoms with Crippen molar-refractivity contribution in [3.05, 3.63) is 88.9 Å². The van der Waals surface area contributed by atoms with Gasteiger partial charge in [-0.15, -0.1) is 0 Å². The van der Waals surface area contributed by atoms with Crippen molar-refractivity contribution in [1.29, 1.82) is 0 Å². The summed E-state index contributed by atoms with van der Waals surface area (Å²) < 4.78 is 2.28. The second-order valence-corrected chi connectivity index (χ2v) is 8.40. The molecule has 0 unspecified atom stereocenters. The fourth-order valence-electron chi connectivity index (χ4n) is 3.35. The average Bonchev–Trinajstić information content (AvgIpc) is 3.02. The van der Waals surface area contributed by atoms with Gasteiger partial charge in [-0.1, -0.05) is 80.9 Å². The van der Waals surface area contributed by atoms with E-state index in [4.69, 9.17) is 16.6 Å². The van der Waals surface area contributed by atoms with Gasteiger partial charge in [-0.05, 0) is 40.8 Å². The maximum atomic E-state index is 6.05. The van der Waals surface area contributed by atoms with Crippen LogP contribution < -0.4 is 0 Å². The minimum Gasteiger partial charge on any atom is -0.319 e. The lowest BCUT2D eigenvalue weighted by atomic mass is 9.87. The van der Waals surface area contributed by atoms with E-state index in [1.807, 2.05) is 18.2 Å². The first-order valence-electron chi connectivity index (χ1n) is 9.22. The van der Waals surface area contributed by atoms with E-state index < -0.39 is 0 Å². The molecule has 1 aromatic heterocycles. The second-order valence-electron chi connectivity index (χ2n) is 7.96. The second kappa shape index (κ2) is 6.86. The topological polar surface area (TPSA) is 17.8 Å². The van der Waals surface area contributed by atoms with Crippen LogP contribution in [0.1, 0.15) is 31.9 Å². The Kier molecular flexibility index (Phi) is 4.53. The van der Waals surface area contributed by atoms with Crippen LogP contribution in [0.4, 0.5) is 0 Å². The molecule has 3 heteroatoms. The van der Waals surface area contributed by atoms with Crippen LogP contribution in [0.2, 0.25) is 5.02 Å². The molecule has 4 rings (SSSR count). The third kappa shape index (κ3) is 3.63. The number of benzene rings is 3. The van der Waals surface area contributed by atoms with Crippen molar-refractivity contribution >= 4 is 22.6 Å². The molecule has 0 spiro atoms. The van der Waals surface area contributed by atoms with Gasteiger partial charge in [0.15, 0.2) is 0 Å². The van der Waals surface area contributed by atoms with Gasteiger partial charge in [-0.3, -0.25) is 0 Å². The van der Waals surface area contributed by atoms with Crippen LogP contribution in [0.15, 0.2) is 72.8 Å². The number of para-hydroxylation sites is 2. The highest BCUT2D eigenvalue weighted by Gasteiger charge is 2.16. The minimum atomic E-state index is 0.141. The molecule has 0 saturated heterocycles. The van der Waals surface area contributed by atoms with Crippen LogP contribution in [0.25, 0.3) is 22.4 Å². The van der Waals surface area contributed by atoms with Crippen molar-refractivity contribution < 1.29 is 0 Å². The summed E-state index contributed by atoms with van der Waals surface area (Å²) in [6.07, 6.45) is 0. The van der Waals surface area contributed by atoms with Crippen LogP contribution in [0, 0.1) is 0 Å². The number of aromatic nitrogens is 2. The van der Waals surface area contributed by atoms with Gasteiger partial charge in [-0.25, -0.2) is 4.98 Å². The Morgan fingerprint density at radius 2 is 1.52 bits per heavy atom. The molecule has 0 aliphatic carbocycles. The number of rotatable bonds is 3. The summed E-state index contributed by atoms with van der Waals surface area (Å²) in [6.45, 7) is 7.46. The molecule has 0 saturated carbocycles. The zero-order valence-corrected chi connectivity index (χ0v) is 16.7. The number of imidazole rings is 1. The monoisotopic (exact) mass is 374 g/mol. The molecule has 0 N–H and O–H groups in total. The highest BCUT2D eigenvalue weighted by molar-refractivity contribution is 6.30. The number of hydrogen-bond acceptors (Lipinski definition) is 1. The Labute approximate surface area is 165 Å². The summed E-state index contributed by atoms with van der Waals surface area (Å²) in [6, 6.07) is 25.1. The van der Waals surface area contributed by atoms with Crippen molar-refractivity contribution in [1.82, 2.24) is 9.55 Å². The standard InChI is InChI=1S/C24H23ClN2/c1-24(2,3)19-12-10-18(11-13-19)23-26-21-6-4-5-7-22(21)27(23)16-17-8-14-20(25)15-9-17/h4-15H,16H2,1-3H3. The van der Waals surface area contributed by atoms with E-state index in [2.05, 4.69) is 79.9 Å². The third-order valence-corrected chi connectivity index (χ3v) is 5.17. The van der Waals surface area contributed by atoms with Gasteiger partial charge in [-0.2, -0.15) is 0 Å². The smallest absolute Gasteiger partial charge is 0.141 e. The van der Waals surface area contributed by atoms with Crippen LogP contribution in [-0.4, -0.2) is 9.55 Å². The zero-order valence-electron chi connectivity index (χ0n) is 15.9. The summed E-state index contributed by atoms with van der Waals surface area (Å²) >= 11 is 6.05. The van der Waals surface area contributed by atoms with E-state index in [-0.39, 0.29) is 5.41 Å². The lowest BCUT2D eigenvalue weighted by Crippen LogP contribution is -2.10.